The molecule has 5 N–H and O–H groups in total. The molecule has 34 heavy (non-hydrogen) atoms. The molecule has 0 aliphatic heterocycles. The van der Waals surface area contributed by atoms with Crippen molar-refractivity contribution in [3.05, 3.63) is 57.5 Å². The summed E-state index contributed by atoms with van der Waals surface area (Å²) in [5, 5.41) is 14.3. The second-order valence-corrected chi connectivity index (χ2v) is 9.67. The van der Waals surface area contributed by atoms with Crippen LogP contribution in [0, 0.1) is 0 Å². The number of thiazole rings is 1. The minimum absolute atomic E-state index is 0.0362. The van der Waals surface area contributed by atoms with Crippen molar-refractivity contribution in [2.75, 3.05) is 13.2 Å². The van der Waals surface area contributed by atoms with E-state index < -0.39 is 16.0 Å². The molecule has 0 amide bonds. The van der Waals surface area contributed by atoms with Gasteiger partial charge in [0.25, 0.3) is 0 Å². The lowest BCUT2D eigenvalue weighted by Gasteiger charge is -2.17. The first-order valence-electron chi connectivity index (χ1n) is 10.5. The number of unbranched alkanes of at least 4 members (excludes halogenated alkanes) is 1. The molecule has 0 saturated heterocycles. The fourth-order valence-electron chi connectivity index (χ4n) is 3.68. The highest BCUT2D eigenvalue weighted by atomic mass is 32.2. The van der Waals surface area contributed by atoms with Crippen LogP contribution >= 0.6 is 11.3 Å². The number of primary sulfonamides is 1. The number of carbonyl (C=O) groups excluding carboxylic acids is 2. The Bertz CT molecular complexity index is 1320. The highest BCUT2D eigenvalue weighted by molar-refractivity contribution is 7.89. The molecular formula is C22H25N5O5S2. The normalized spacial score (nSPS) is 11.7. The van der Waals surface area contributed by atoms with Gasteiger partial charge in [-0.1, -0.05) is 12.1 Å². The van der Waals surface area contributed by atoms with Gasteiger partial charge in [-0.15, -0.1) is 11.3 Å². The second-order valence-electron chi connectivity index (χ2n) is 7.25. The Kier molecular flexibility index (Phi) is 8.31. The number of fused-ring (bicyclic) bond motifs is 1. The van der Waals surface area contributed by atoms with Crippen LogP contribution in [0.2, 0.25) is 0 Å². The van der Waals surface area contributed by atoms with Gasteiger partial charge in [0.1, 0.15) is 6.34 Å². The minimum atomic E-state index is -4.17. The Morgan fingerprint density at radius 3 is 2.71 bits per heavy atom. The third kappa shape index (κ3) is 5.58. The third-order valence-electron chi connectivity index (χ3n) is 5.07. The molecule has 0 fully saturated rings. The van der Waals surface area contributed by atoms with Gasteiger partial charge in [0.15, 0.2) is 5.01 Å². The Labute approximate surface area is 201 Å². The highest BCUT2D eigenvalue weighted by Crippen LogP contribution is 2.34. The molecule has 180 valence electrons. The quantitative estimate of drug-likeness (QED) is 0.0680. The Balaban J connectivity index is 2.24. The van der Waals surface area contributed by atoms with E-state index in [2.05, 4.69) is 15.4 Å². The number of aryl methyl sites for hydroxylation is 1. The van der Waals surface area contributed by atoms with Crippen LogP contribution in [-0.4, -0.2) is 44.6 Å². The summed E-state index contributed by atoms with van der Waals surface area (Å²) in [6.45, 7) is 2.33. The number of hydrazone groups is 1. The summed E-state index contributed by atoms with van der Waals surface area (Å²) in [5.41, 5.74) is 0.848. The lowest BCUT2D eigenvalue weighted by Crippen LogP contribution is -2.17. The van der Waals surface area contributed by atoms with Crippen LogP contribution in [0.25, 0.3) is 10.8 Å². The van der Waals surface area contributed by atoms with Gasteiger partial charge in [-0.2, -0.15) is 5.10 Å². The molecule has 0 unspecified atom stereocenters. The number of rotatable bonds is 11. The maximum atomic E-state index is 13.4. The van der Waals surface area contributed by atoms with Gasteiger partial charge in [0.05, 0.1) is 17.1 Å². The average molecular weight is 504 g/mol. The van der Waals surface area contributed by atoms with Gasteiger partial charge in [0.2, 0.25) is 15.8 Å². The second kappa shape index (κ2) is 11.2. The first-order chi connectivity index (χ1) is 16.3. The molecule has 0 radical (unpaired) electrons. The lowest BCUT2D eigenvalue weighted by atomic mass is 9.89. The van der Waals surface area contributed by atoms with E-state index in [9.17, 15) is 18.0 Å². The first-order valence-corrected chi connectivity index (χ1v) is 12.9. The SMILES string of the molecule is CCOC(=O)c1cc(C(=O)c2nccs2)c(CCCCNC=NN)c2cccc(S(N)(=O)=O)c12. The van der Waals surface area contributed by atoms with Gasteiger partial charge < -0.3 is 15.9 Å². The molecule has 0 aliphatic carbocycles. The number of hydrogen-bond acceptors (Lipinski definition) is 9. The summed E-state index contributed by atoms with van der Waals surface area (Å²) in [6.07, 6.45) is 4.75. The monoisotopic (exact) mass is 503 g/mol. The number of nitrogens with two attached hydrogens (primary N) is 2. The molecule has 0 bridgehead atoms. The number of carbonyl (C=O) groups is 2. The van der Waals surface area contributed by atoms with Crippen LogP contribution in [0.5, 0.6) is 0 Å². The lowest BCUT2D eigenvalue weighted by molar-refractivity contribution is 0.0528. The van der Waals surface area contributed by atoms with Gasteiger partial charge in [-0.25, -0.2) is 23.3 Å². The van der Waals surface area contributed by atoms with Crippen molar-refractivity contribution < 1.29 is 22.7 Å². The van der Waals surface area contributed by atoms with Gasteiger partial charge in [-0.3, -0.25) is 4.79 Å². The number of ether oxygens (including phenoxy) is 1. The molecule has 2 aromatic carbocycles. The van der Waals surface area contributed by atoms with E-state index in [0.717, 1.165) is 6.42 Å². The molecule has 0 atom stereocenters. The van der Waals surface area contributed by atoms with E-state index in [0.29, 0.717) is 30.3 Å². The van der Waals surface area contributed by atoms with Gasteiger partial charge in [0, 0.05) is 29.1 Å². The summed E-state index contributed by atoms with van der Waals surface area (Å²) in [4.78, 5) is 30.1. The van der Waals surface area contributed by atoms with Crippen molar-refractivity contribution in [1.82, 2.24) is 10.3 Å². The van der Waals surface area contributed by atoms with Crippen LogP contribution in [-0.2, 0) is 21.2 Å². The largest absolute Gasteiger partial charge is 0.462 e. The zero-order valence-corrected chi connectivity index (χ0v) is 20.1. The van der Waals surface area contributed by atoms with E-state index in [1.807, 2.05) is 0 Å². The minimum Gasteiger partial charge on any atom is -0.462 e. The summed E-state index contributed by atoms with van der Waals surface area (Å²) >= 11 is 1.18. The van der Waals surface area contributed by atoms with Crippen molar-refractivity contribution in [3.63, 3.8) is 0 Å². The Morgan fingerprint density at radius 1 is 1.26 bits per heavy atom. The number of nitrogens with one attached hydrogen (secondary N) is 1. The zero-order valence-electron chi connectivity index (χ0n) is 18.5. The Morgan fingerprint density at radius 2 is 2.06 bits per heavy atom. The number of sulfonamides is 1. The molecule has 0 spiro atoms. The molecule has 10 nitrogen and oxygen atoms in total. The maximum Gasteiger partial charge on any atom is 0.338 e. The molecule has 3 aromatic rings. The van der Waals surface area contributed by atoms with Crippen LogP contribution in [0.15, 0.2) is 45.8 Å². The summed E-state index contributed by atoms with van der Waals surface area (Å²) in [7, 11) is -4.17. The molecule has 3 rings (SSSR count). The van der Waals surface area contributed by atoms with Crippen molar-refractivity contribution in [2.45, 2.75) is 31.1 Å². The predicted molar refractivity (Wildman–Crippen MR) is 130 cm³/mol. The predicted octanol–water partition coefficient (Wildman–Crippen LogP) is 2.17. The third-order valence-corrected chi connectivity index (χ3v) is 6.80. The summed E-state index contributed by atoms with van der Waals surface area (Å²) in [5.74, 6) is 3.98. The van der Waals surface area contributed by atoms with E-state index in [-0.39, 0.29) is 38.8 Å². The van der Waals surface area contributed by atoms with E-state index in [1.165, 1.54) is 42.1 Å². The average Bonchev–Trinajstić information content (AvgIpc) is 3.34. The fourth-order valence-corrected chi connectivity index (χ4v) is 5.05. The van der Waals surface area contributed by atoms with Crippen LogP contribution in [0.3, 0.4) is 0 Å². The van der Waals surface area contributed by atoms with Crippen molar-refractivity contribution >= 4 is 50.2 Å². The number of ketones is 1. The highest BCUT2D eigenvalue weighted by Gasteiger charge is 2.26. The first kappa shape index (κ1) is 25.3. The summed E-state index contributed by atoms with van der Waals surface area (Å²) in [6, 6.07) is 5.95. The summed E-state index contributed by atoms with van der Waals surface area (Å²) < 4.78 is 29.9. The molecule has 0 aliphatic rings. The number of benzene rings is 2. The van der Waals surface area contributed by atoms with E-state index in [4.69, 9.17) is 15.7 Å². The van der Waals surface area contributed by atoms with Crippen molar-refractivity contribution in [1.29, 1.82) is 0 Å². The fraction of sp³-hybridized carbons (Fsp3) is 0.273. The molecule has 1 aromatic heterocycles. The topological polar surface area (TPSA) is 167 Å². The molecule has 0 saturated carbocycles. The van der Waals surface area contributed by atoms with Crippen LogP contribution < -0.4 is 16.3 Å². The van der Waals surface area contributed by atoms with Gasteiger partial charge >= 0.3 is 5.97 Å². The smallest absolute Gasteiger partial charge is 0.338 e. The molecular weight excluding hydrogens is 478 g/mol. The van der Waals surface area contributed by atoms with Crippen molar-refractivity contribution in [2.24, 2.45) is 16.1 Å². The van der Waals surface area contributed by atoms with E-state index >= 15 is 0 Å². The number of nitrogens with zero attached hydrogens (tertiary/aromatic N) is 2. The standard InChI is InChI=1S/C22H25N5O5S2/c1-2-32-22(29)17-12-16(20(28)21-26-10-11-33-21)14(6-3-4-9-25-13-27-23)15-7-5-8-18(19(15)17)34(24,30)31/h5,7-8,10-13H,2-4,6,9,23H2,1H3,(H,25,27)(H2,24,30,31). The van der Waals surface area contributed by atoms with Crippen LogP contribution in [0.1, 0.15) is 51.1 Å². The number of esters is 1. The number of aromatic nitrogens is 1. The van der Waals surface area contributed by atoms with Gasteiger partial charge in [-0.05, 0) is 49.3 Å². The zero-order chi connectivity index (χ0) is 24.7. The van der Waals surface area contributed by atoms with Crippen LogP contribution in [0.4, 0.5) is 0 Å². The number of hydrogen-bond donors (Lipinski definition) is 3. The maximum absolute atomic E-state index is 13.4. The van der Waals surface area contributed by atoms with E-state index in [1.54, 1.807) is 18.4 Å². The van der Waals surface area contributed by atoms with Crippen molar-refractivity contribution in [3.8, 4) is 0 Å². The molecule has 1 heterocycles. The Hall–Kier alpha value is -3.35. The molecule has 12 heteroatoms.